The van der Waals surface area contributed by atoms with Crippen molar-refractivity contribution in [3.05, 3.63) is 90.3 Å². The summed E-state index contributed by atoms with van der Waals surface area (Å²) in [4.78, 5) is 17.1. The van der Waals surface area contributed by atoms with Gasteiger partial charge in [0.2, 0.25) is 5.89 Å². The summed E-state index contributed by atoms with van der Waals surface area (Å²) in [5, 5.41) is 7.66. The molecule has 7 nitrogen and oxygen atoms in total. The minimum absolute atomic E-state index is 0.0581. The molecule has 37 heavy (non-hydrogen) atoms. The summed E-state index contributed by atoms with van der Waals surface area (Å²) in [6, 6.07) is 25.3. The summed E-state index contributed by atoms with van der Waals surface area (Å²) in [5.74, 6) is 1.17. The summed E-state index contributed by atoms with van der Waals surface area (Å²) in [5.41, 5.74) is 4.53. The van der Waals surface area contributed by atoms with Crippen molar-refractivity contribution in [2.24, 2.45) is 0 Å². The van der Waals surface area contributed by atoms with Crippen LogP contribution in [-0.2, 0) is 17.3 Å². The molecule has 1 aliphatic heterocycles. The Morgan fingerprint density at radius 2 is 1.57 bits per heavy atom. The fourth-order valence-electron chi connectivity index (χ4n) is 4.18. The normalized spacial score (nSPS) is 14.9. The number of carbonyl (C=O) groups is 1. The number of rotatable bonds is 6. The molecule has 9 heteroatoms. The second-order valence-corrected chi connectivity index (χ2v) is 10.6. The third-order valence-electron chi connectivity index (χ3n) is 6.29. The average molecular weight is 519 g/mol. The highest BCUT2D eigenvalue weighted by molar-refractivity contribution is 7.85. The van der Waals surface area contributed by atoms with Crippen molar-refractivity contribution in [2.75, 3.05) is 29.5 Å². The van der Waals surface area contributed by atoms with Gasteiger partial charge in [-0.2, -0.15) is 0 Å². The number of urea groups is 1. The number of hydrogen-bond donors (Lipinski definition) is 0. The van der Waals surface area contributed by atoms with Crippen LogP contribution in [0.25, 0.3) is 22.6 Å². The van der Waals surface area contributed by atoms with E-state index < -0.39 is 17.0 Å². The summed E-state index contributed by atoms with van der Waals surface area (Å²) < 4.78 is 30.7. The number of nitrogens with zero attached hydrogens (tertiary/aromatic N) is 4. The largest absolute Gasteiger partial charge is 0.418 e. The topological polar surface area (TPSA) is 79.5 Å². The van der Waals surface area contributed by atoms with Crippen LogP contribution in [0.1, 0.15) is 24.5 Å². The first-order valence-corrected chi connectivity index (χ1v) is 13.6. The van der Waals surface area contributed by atoms with Gasteiger partial charge in [-0.3, -0.25) is 9.11 Å². The summed E-state index contributed by atoms with van der Waals surface area (Å²) in [6.45, 7) is 2.63. The molecule has 2 heterocycles. The quantitative estimate of drug-likeness (QED) is 0.331. The van der Waals surface area contributed by atoms with E-state index in [9.17, 15) is 13.4 Å². The van der Waals surface area contributed by atoms with Crippen LogP contribution in [0.4, 0.5) is 14.9 Å². The van der Waals surface area contributed by atoms with E-state index in [4.69, 9.17) is 4.42 Å². The molecule has 3 aromatic carbocycles. The van der Waals surface area contributed by atoms with Crippen LogP contribution in [0.5, 0.6) is 0 Å². The zero-order chi connectivity index (χ0) is 25.8. The number of aromatic nitrogens is 2. The van der Waals surface area contributed by atoms with Crippen molar-refractivity contribution in [2.45, 2.75) is 19.6 Å². The van der Waals surface area contributed by atoms with Gasteiger partial charge in [-0.25, -0.2) is 9.18 Å². The van der Waals surface area contributed by atoms with Crippen LogP contribution in [0, 0.1) is 0 Å². The molecule has 2 amide bonds. The second kappa shape index (κ2) is 11.0. The maximum absolute atomic E-state index is 13.6. The smallest absolute Gasteiger partial charge is 0.324 e. The van der Waals surface area contributed by atoms with Gasteiger partial charge in [-0.15, -0.1) is 10.2 Å². The fourth-order valence-corrected chi connectivity index (χ4v) is 5.23. The average Bonchev–Trinajstić information content (AvgIpc) is 3.44. The van der Waals surface area contributed by atoms with Crippen molar-refractivity contribution in [1.82, 2.24) is 15.1 Å². The van der Waals surface area contributed by atoms with Crippen LogP contribution < -0.4 is 4.90 Å². The first-order valence-electron chi connectivity index (χ1n) is 12.1. The van der Waals surface area contributed by atoms with Crippen molar-refractivity contribution in [3.8, 4) is 22.6 Å². The van der Waals surface area contributed by atoms with E-state index in [2.05, 4.69) is 10.2 Å². The first kappa shape index (κ1) is 24.8. The van der Waals surface area contributed by atoms with Crippen molar-refractivity contribution in [3.63, 3.8) is 0 Å². The zero-order valence-corrected chi connectivity index (χ0v) is 21.2. The van der Waals surface area contributed by atoms with E-state index in [0.717, 1.165) is 22.4 Å². The van der Waals surface area contributed by atoms with Gasteiger partial charge in [0, 0.05) is 46.6 Å². The molecule has 1 unspecified atom stereocenters. The lowest BCUT2D eigenvalue weighted by atomic mass is 10.1. The Hall–Kier alpha value is -3.85. The Morgan fingerprint density at radius 1 is 0.946 bits per heavy atom. The number of hydrogen-bond acceptors (Lipinski definition) is 5. The molecule has 0 bridgehead atoms. The Bertz CT molecular complexity index is 1360. The van der Waals surface area contributed by atoms with Crippen molar-refractivity contribution in [1.29, 1.82) is 0 Å². The van der Waals surface area contributed by atoms with Gasteiger partial charge in [0.05, 0.1) is 6.54 Å². The zero-order valence-electron chi connectivity index (χ0n) is 20.4. The minimum atomic E-state index is -1.33. The van der Waals surface area contributed by atoms with E-state index >= 15 is 0 Å². The highest BCUT2D eigenvalue weighted by Gasteiger charge is 2.26. The predicted octanol–water partition coefficient (Wildman–Crippen LogP) is 5.63. The molecule has 1 saturated heterocycles. The molecular weight excluding hydrogens is 491 g/mol. The Balaban J connectivity index is 1.39. The van der Waals surface area contributed by atoms with E-state index in [0.29, 0.717) is 36.7 Å². The Kier molecular flexibility index (Phi) is 7.41. The second-order valence-electron chi connectivity index (χ2n) is 8.88. The molecule has 0 aliphatic carbocycles. The maximum Gasteiger partial charge on any atom is 0.324 e. The van der Waals surface area contributed by atoms with E-state index in [-0.39, 0.29) is 17.8 Å². The summed E-state index contributed by atoms with van der Waals surface area (Å²) in [7, 11) is -0.875. The Labute approximate surface area is 217 Å². The number of alkyl halides is 1. The standard InChI is InChI=1S/C28H27FN4O3S/c1-20(29)26-30-31-27(36-26)24-9-7-21(8-10-24)19-33(28(34)32-15-17-37(35)18-16-32)25-13-11-23(12-14-25)22-5-3-2-4-6-22/h2-14,20H,15-19H2,1H3. The van der Waals surface area contributed by atoms with Gasteiger partial charge in [0.15, 0.2) is 6.17 Å². The number of carbonyl (C=O) groups excluding carboxylic acids is 1. The number of anilines is 1. The van der Waals surface area contributed by atoms with E-state index in [1.807, 2.05) is 78.9 Å². The number of benzene rings is 3. The molecule has 0 N–H and O–H groups in total. The molecule has 190 valence electrons. The van der Waals surface area contributed by atoms with Crippen LogP contribution in [0.3, 0.4) is 0 Å². The lowest BCUT2D eigenvalue weighted by Gasteiger charge is -2.33. The molecule has 0 radical (unpaired) electrons. The highest BCUT2D eigenvalue weighted by atomic mass is 32.2. The lowest BCUT2D eigenvalue weighted by Crippen LogP contribution is -2.48. The van der Waals surface area contributed by atoms with Gasteiger partial charge >= 0.3 is 6.03 Å². The predicted molar refractivity (Wildman–Crippen MR) is 142 cm³/mol. The highest BCUT2D eigenvalue weighted by Crippen LogP contribution is 2.27. The molecule has 1 aliphatic rings. The van der Waals surface area contributed by atoms with Gasteiger partial charge in [-0.1, -0.05) is 54.6 Å². The van der Waals surface area contributed by atoms with Gasteiger partial charge in [0.25, 0.3) is 5.89 Å². The maximum atomic E-state index is 13.6. The van der Waals surface area contributed by atoms with Gasteiger partial charge in [0.1, 0.15) is 0 Å². The SMILES string of the molecule is CC(F)c1nnc(-c2ccc(CN(C(=O)N3CCS(=O)CC3)c3ccc(-c4ccccc4)cc3)cc2)o1. The van der Waals surface area contributed by atoms with E-state index in [1.165, 1.54) is 6.92 Å². The van der Waals surface area contributed by atoms with Crippen molar-refractivity contribution < 1.29 is 17.8 Å². The van der Waals surface area contributed by atoms with Crippen LogP contribution in [0.15, 0.2) is 83.3 Å². The van der Waals surface area contributed by atoms with Crippen LogP contribution in [-0.4, -0.2) is 49.9 Å². The summed E-state index contributed by atoms with van der Waals surface area (Å²) >= 11 is 0. The molecule has 1 aromatic heterocycles. The monoisotopic (exact) mass is 518 g/mol. The Morgan fingerprint density at radius 3 is 2.19 bits per heavy atom. The molecular formula is C28H27FN4O3S. The van der Waals surface area contributed by atoms with Crippen LogP contribution in [0.2, 0.25) is 0 Å². The molecule has 4 aromatic rings. The molecule has 0 spiro atoms. The molecule has 1 fully saturated rings. The number of amides is 2. The third kappa shape index (κ3) is 5.77. The lowest BCUT2D eigenvalue weighted by molar-refractivity contribution is 0.209. The minimum Gasteiger partial charge on any atom is -0.418 e. The first-order chi connectivity index (χ1) is 18.0. The van der Waals surface area contributed by atoms with Crippen molar-refractivity contribution >= 4 is 22.5 Å². The third-order valence-corrected chi connectivity index (χ3v) is 7.56. The van der Waals surface area contributed by atoms with Crippen LogP contribution >= 0.6 is 0 Å². The van der Waals surface area contributed by atoms with E-state index in [1.54, 1.807) is 9.80 Å². The molecule has 5 rings (SSSR count). The number of halogens is 1. The fraction of sp³-hybridized carbons (Fsp3) is 0.250. The molecule has 0 saturated carbocycles. The summed E-state index contributed by atoms with van der Waals surface area (Å²) in [6.07, 6.45) is -1.33. The molecule has 1 atom stereocenters. The van der Waals surface area contributed by atoms with Gasteiger partial charge in [-0.05, 0) is 47.9 Å². The van der Waals surface area contributed by atoms with Gasteiger partial charge < -0.3 is 9.32 Å².